The van der Waals surface area contributed by atoms with Gasteiger partial charge in [0.2, 0.25) is 0 Å². The summed E-state index contributed by atoms with van der Waals surface area (Å²) in [5.74, 6) is 0. The van der Waals surface area contributed by atoms with E-state index in [4.69, 9.17) is 40.2 Å². The Morgan fingerprint density at radius 2 is 0.889 bits per heavy atom. The molecule has 0 N–H and O–H groups in total. The van der Waals surface area contributed by atoms with Crippen molar-refractivity contribution in [3.8, 4) is 0 Å². The summed E-state index contributed by atoms with van der Waals surface area (Å²) in [6.07, 6.45) is 0. The molecule has 0 saturated carbocycles. The van der Waals surface area contributed by atoms with E-state index in [9.17, 15) is 0 Å². The molecular formula is C3H9AlCl4N-. The van der Waals surface area contributed by atoms with Crippen LogP contribution >= 0.6 is 40.2 Å². The number of rotatable bonds is 0. The summed E-state index contributed by atoms with van der Waals surface area (Å²) in [6.45, 7) is 0. The van der Waals surface area contributed by atoms with E-state index >= 15 is 0 Å². The third-order valence-electron chi connectivity index (χ3n) is 0. The minimum atomic E-state index is -2.94. The molecule has 0 aliphatic heterocycles. The zero-order chi connectivity index (χ0) is 8.08. The van der Waals surface area contributed by atoms with E-state index < -0.39 is 9.39 Å². The van der Waals surface area contributed by atoms with Crippen molar-refractivity contribution in [3.63, 3.8) is 0 Å². The maximum absolute atomic E-state index is 4.99. The molecule has 0 saturated heterocycles. The van der Waals surface area contributed by atoms with Crippen molar-refractivity contribution in [1.29, 1.82) is 0 Å². The molecule has 0 radical (unpaired) electrons. The van der Waals surface area contributed by atoms with Gasteiger partial charge in [0.25, 0.3) is 0 Å². The van der Waals surface area contributed by atoms with Gasteiger partial charge in [-0.15, -0.1) is 0 Å². The minimum Gasteiger partial charge on any atom is -0.391 e. The van der Waals surface area contributed by atoms with Crippen LogP contribution in [0.3, 0.4) is 0 Å². The van der Waals surface area contributed by atoms with Crippen LogP contribution in [0.15, 0.2) is 0 Å². The Balaban J connectivity index is 0. The molecule has 9 heavy (non-hydrogen) atoms. The Kier molecular flexibility index (Phi) is 9.38. The van der Waals surface area contributed by atoms with E-state index in [0.717, 1.165) is 0 Å². The zero-order valence-electron chi connectivity index (χ0n) is 5.54. The molecular weight excluding hydrogens is 219 g/mol. The highest BCUT2D eigenvalue weighted by Crippen LogP contribution is 2.23. The van der Waals surface area contributed by atoms with Crippen molar-refractivity contribution in [2.45, 2.75) is 0 Å². The highest BCUT2D eigenvalue weighted by atomic mass is 35.9. The van der Waals surface area contributed by atoms with Crippen molar-refractivity contribution in [1.82, 2.24) is 4.90 Å². The molecule has 0 atom stereocenters. The lowest BCUT2D eigenvalue weighted by molar-refractivity contribution is 0.505. The molecule has 0 aliphatic carbocycles. The highest BCUT2D eigenvalue weighted by Gasteiger charge is 2.14. The van der Waals surface area contributed by atoms with Gasteiger partial charge in [-0.3, -0.25) is 0 Å². The van der Waals surface area contributed by atoms with Crippen molar-refractivity contribution in [3.05, 3.63) is 0 Å². The zero-order valence-corrected chi connectivity index (χ0v) is 9.71. The highest BCUT2D eigenvalue weighted by molar-refractivity contribution is 7.81. The molecule has 1 nitrogen and oxygen atoms in total. The van der Waals surface area contributed by atoms with Gasteiger partial charge >= 0.3 is 9.39 Å². The van der Waals surface area contributed by atoms with E-state index in [1.807, 2.05) is 26.0 Å². The lowest BCUT2D eigenvalue weighted by Crippen LogP contribution is -1.99. The second kappa shape index (κ2) is 6.37. The minimum absolute atomic E-state index is 2.00. The average Bonchev–Trinajstić information content (AvgIpc) is 1.19. The molecule has 0 aromatic carbocycles. The number of hydrogen-bond acceptors (Lipinski definition) is 1. The van der Waals surface area contributed by atoms with Crippen molar-refractivity contribution in [2.24, 2.45) is 0 Å². The molecule has 0 spiro atoms. The molecule has 0 unspecified atom stereocenters. The fraction of sp³-hybridized carbons (Fsp3) is 1.00. The maximum atomic E-state index is 4.99. The van der Waals surface area contributed by atoms with Gasteiger partial charge in [-0.05, 0) is 21.1 Å². The van der Waals surface area contributed by atoms with Crippen LogP contribution in [-0.4, -0.2) is 35.4 Å². The first-order chi connectivity index (χ1) is 3.73. The van der Waals surface area contributed by atoms with Crippen molar-refractivity contribution >= 4 is 49.6 Å². The Morgan fingerprint density at radius 3 is 0.889 bits per heavy atom. The van der Waals surface area contributed by atoms with Crippen molar-refractivity contribution < 1.29 is 0 Å². The monoisotopic (exact) mass is 226 g/mol. The lowest BCUT2D eigenvalue weighted by atomic mass is 11.0. The fourth-order valence-corrected chi connectivity index (χ4v) is 0. The quantitative estimate of drug-likeness (QED) is 0.575. The topological polar surface area (TPSA) is 3.24 Å². The summed E-state index contributed by atoms with van der Waals surface area (Å²) in [6, 6.07) is 0. The Hall–Kier alpha value is 1.65. The van der Waals surface area contributed by atoms with Crippen LogP contribution in [0.5, 0.6) is 0 Å². The molecule has 0 fully saturated rings. The van der Waals surface area contributed by atoms with E-state index in [-0.39, 0.29) is 0 Å². The lowest BCUT2D eigenvalue weighted by Gasteiger charge is -1.97. The first kappa shape index (κ1) is 13.3. The Bertz CT molecular complexity index is 52.6. The van der Waals surface area contributed by atoms with Gasteiger partial charge in [-0.2, -0.15) is 0 Å². The largest absolute Gasteiger partial charge is 0.564 e. The first-order valence-corrected chi connectivity index (χ1v) is 9.20. The average molecular weight is 228 g/mol. The van der Waals surface area contributed by atoms with Crippen molar-refractivity contribution in [2.75, 3.05) is 21.1 Å². The predicted octanol–water partition coefficient (Wildman–Crippen LogP) is 2.56. The van der Waals surface area contributed by atoms with Crippen LogP contribution in [0, 0.1) is 0 Å². The summed E-state index contributed by atoms with van der Waals surface area (Å²) in [4.78, 5) is 2.00. The third-order valence-corrected chi connectivity index (χ3v) is 0. The molecule has 0 aromatic heterocycles. The molecule has 0 bridgehead atoms. The summed E-state index contributed by atoms with van der Waals surface area (Å²) in [7, 11) is 23.0. The molecule has 0 aliphatic rings. The normalized spacial score (nSPS) is 10.7. The molecule has 58 valence electrons. The second-order valence-corrected chi connectivity index (χ2v) is 14.7. The van der Waals surface area contributed by atoms with Gasteiger partial charge in [0.1, 0.15) is 0 Å². The summed E-state index contributed by atoms with van der Waals surface area (Å²) in [5.41, 5.74) is 0. The summed E-state index contributed by atoms with van der Waals surface area (Å²) >= 11 is 0. The maximum Gasteiger partial charge on any atom is 0.564 e. The summed E-state index contributed by atoms with van der Waals surface area (Å²) in [5, 5.41) is 0. The van der Waals surface area contributed by atoms with Gasteiger partial charge in [-0.25, -0.2) is 0 Å². The van der Waals surface area contributed by atoms with Gasteiger partial charge in [-0.1, -0.05) is 0 Å². The second-order valence-electron chi connectivity index (χ2n) is 1.84. The van der Waals surface area contributed by atoms with E-state index in [0.29, 0.717) is 0 Å². The van der Waals surface area contributed by atoms with Gasteiger partial charge in [0, 0.05) is 0 Å². The molecule has 6 heteroatoms. The van der Waals surface area contributed by atoms with Gasteiger partial charge < -0.3 is 45.1 Å². The number of hydrogen-bond donors (Lipinski definition) is 0. The van der Waals surface area contributed by atoms with Crippen LogP contribution in [0.4, 0.5) is 0 Å². The predicted molar refractivity (Wildman–Crippen MR) is 48.8 cm³/mol. The summed E-state index contributed by atoms with van der Waals surface area (Å²) < 4.78 is 0. The standard InChI is InChI=1S/C3H9N.Al.4ClH/c1-4(2)3;;;;;/h1-3H3;;4*1H/q;+3;;;;/p-4. The van der Waals surface area contributed by atoms with E-state index in [1.54, 1.807) is 0 Å². The smallest absolute Gasteiger partial charge is 0.391 e. The molecule has 0 aromatic rings. The first-order valence-electron chi connectivity index (χ1n) is 2.21. The van der Waals surface area contributed by atoms with E-state index in [2.05, 4.69) is 0 Å². The Labute approximate surface area is 75.3 Å². The van der Waals surface area contributed by atoms with Gasteiger partial charge in [0.05, 0.1) is 0 Å². The van der Waals surface area contributed by atoms with Crippen LogP contribution in [0.25, 0.3) is 0 Å². The number of nitrogens with zero attached hydrogens (tertiary/aromatic N) is 1. The molecule has 0 amide bonds. The Morgan fingerprint density at radius 1 is 0.889 bits per heavy atom. The molecule has 0 rings (SSSR count). The van der Waals surface area contributed by atoms with Crippen LogP contribution in [-0.2, 0) is 0 Å². The number of halogens is 4. The third kappa shape index (κ3) is 207. The molecule has 0 heterocycles. The van der Waals surface area contributed by atoms with Crippen LogP contribution < -0.4 is 0 Å². The van der Waals surface area contributed by atoms with Crippen LogP contribution in [0.1, 0.15) is 0 Å². The SMILES string of the molecule is CN(C)C.[Cl][Al-]([Cl])([Cl])[Cl]. The van der Waals surface area contributed by atoms with Crippen LogP contribution in [0.2, 0.25) is 0 Å². The van der Waals surface area contributed by atoms with Gasteiger partial charge in [0.15, 0.2) is 0 Å². The fourth-order valence-electron chi connectivity index (χ4n) is 0. The van der Waals surface area contributed by atoms with E-state index in [1.165, 1.54) is 0 Å².